The number of hydrogen-bond acceptors (Lipinski definition) is 5. The van der Waals surface area contributed by atoms with Crippen LogP contribution in [0.25, 0.3) is 6.08 Å². The van der Waals surface area contributed by atoms with Crippen LogP contribution in [0.1, 0.15) is 16.7 Å². The summed E-state index contributed by atoms with van der Waals surface area (Å²) < 4.78 is 6.64. The van der Waals surface area contributed by atoms with E-state index >= 15 is 0 Å². The monoisotopic (exact) mass is 473 g/mol. The Morgan fingerprint density at radius 3 is 2.55 bits per heavy atom. The fraction of sp³-hybridized carbons (Fsp3) is 0.0417. The van der Waals surface area contributed by atoms with Gasteiger partial charge in [0.15, 0.2) is 0 Å². The number of hydrogen-bond donors (Lipinski definition) is 2. The Morgan fingerprint density at radius 1 is 1.10 bits per heavy atom. The summed E-state index contributed by atoms with van der Waals surface area (Å²) in [5.74, 6) is -0.0574. The van der Waals surface area contributed by atoms with Gasteiger partial charge in [0.05, 0.1) is 11.6 Å². The van der Waals surface area contributed by atoms with Gasteiger partial charge in [0.25, 0.3) is 5.91 Å². The van der Waals surface area contributed by atoms with Crippen LogP contribution in [0.5, 0.6) is 11.5 Å². The summed E-state index contributed by atoms with van der Waals surface area (Å²) in [5, 5.41) is 30.7. The number of ether oxygens (including phenoxy) is 1. The van der Waals surface area contributed by atoms with Crippen LogP contribution in [-0.4, -0.2) is 11.0 Å². The van der Waals surface area contributed by atoms with Gasteiger partial charge in [0, 0.05) is 21.3 Å². The molecule has 0 saturated heterocycles. The molecule has 0 heterocycles. The topological polar surface area (TPSA) is 106 Å². The lowest BCUT2D eigenvalue weighted by atomic mass is 10.1. The summed E-state index contributed by atoms with van der Waals surface area (Å²) in [6.45, 7) is 0.161. The summed E-state index contributed by atoms with van der Waals surface area (Å²) in [7, 11) is 0. The SMILES string of the molecule is N#C/C(=C\c1cc(Br)ccc1OCc1ccccc1C#N)C(=O)Nc1ccc(O)cc1. The molecule has 2 N–H and O–H groups in total. The Hall–Kier alpha value is -4.07. The third-order valence-corrected chi connectivity index (χ3v) is 4.78. The molecular weight excluding hydrogens is 458 g/mol. The molecule has 0 spiro atoms. The van der Waals surface area contributed by atoms with Gasteiger partial charge in [-0.2, -0.15) is 10.5 Å². The Bertz CT molecular complexity index is 1220. The third kappa shape index (κ3) is 5.72. The fourth-order valence-corrected chi connectivity index (χ4v) is 3.10. The average Bonchev–Trinajstić information content (AvgIpc) is 2.78. The molecule has 3 rings (SSSR count). The number of carbonyl (C=O) groups excluding carboxylic acids is 1. The summed E-state index contributed by atoms with van der Waals surface area (Å²) in [6.07, 6.45) is 1.44. The van der Waals surface area contributed by atoms with E-state index < -0.39 is 5.91 Å². The van der Waals surface area contributed by atoms with E-state index in [-0.39, 0.29) is 17.9 Å². The Morgan fingerprint density at radius 2 is 1.84 bits per heavy atom. The van der Waals surface area contributed by atoms with Crippen LogP contribution in [0, 0.1) is 22.7 Å². The second-order valence-corrected chi connectivity index (χ2v) is 7.33. The van der Waals surface area contributed by atoms with Crippen molar-refractivity contribution in [3.63, 3.8) is 0 Å². The molecule has 0 aliphatic carbocycles. The van der Waals surface area contributed by atoms with E-state index in [4.69, 9.17) is 4.74 Å². The van der Waals surface area contributed by atoms with Gasteiger partial charge in [-0.1, -0.05) is 34.1 Å². The van der Waals surface area contributed by atoms with Crippen LogP contribution in [0.3, 0.4) is 0 Å². The van der Waals surface area contributed by atoms with E-state index in [1.54, 1.807) is 36.4 Å². The largest absolute Gasteiger partial charge is 0.508 e. The van der Waals surface area contributed by atoms with Crippen molar-refractivity contribution in [3.8, 4) is 23.6 Å². The number of nitriles is 2. The Balaban J connectivity index is 1.85. The maximum atomic E-state index is 12.5. The summed E-state index contributed by atoms with van der Waals surface area (Å²) in [6, 6.07) is 22.3. The minimum Gasteiger partial charge on any atom is -0.508 e. The van der Waals surface area contributed by atoms with Gasteiger partial charge in [-0.15, -0.1) is 0 Å². The minimum absolute atomic E-state index is 0.0722. The normalized spacial score (nSPS) is 10.6. The zero-order valence-corrected chi connectivity index (χ0v) is 17.8. The number of amides is 1. The maximum Gasteiger partial charge on any atom is 0.266 e. The Kier molecular flexibility index (Phi) is 7.05. The van der Waals surface area contributed by atoms with Gasteiger partial charge in [0.1, 0.15) is 29.7 Å². The second-order valence-electron chi connectivity index (χ2n) is 6.41. The van der Waals surface area contributed by atoms with E-state index in [9.17, 15) is 20.4 Å². The Labute approximate surface area is 187 Å². The van der Waals surface area contributed by atoms with Crippen molar-refractivity contribution >= 4 is 33.6 Å². The van der Waals surface area contributed by atoms with E-state index in [1.165, 1.54) is 30.3 Å². The van der Waals surface area contributed by atoms with Crippen molar-refractivity contribution in [2.24, 2.45) is 0 Å². The summed E-state index contributed by atoms with van der Waals surface area (Å²) in [5.41, 5.74) is 2.11. The molecule has 152 valence electrons. The molecule has 0 fully saturated rings. The molecule has 7 heteroatoms. The van der Waals surface area contributed by atoms with Crippen LogP contribution in [0.15, 0.2) is 76.8 Å². The lowest BCUT2D eigenvalue weighted by Gasteiger charge is -2.11. The molecule has 0 aliphatic rings. The first-order valence-electron chi connectivity index (χ1n) is 9.12. The zero-order chi connectivity index (χ0) is 22.2. The van der Waals surface area contributed by atoms with Crippen molar-refractivity contribution in [2.45, 2.75) is 6.61 Å². The summed E-state index contributed by atoms with van der Waals surface area (Å²) >= 11 is 3.39. The number of rotatable bonds is 6. The highest BCUT2D eigenvalue weighted by Gasteiger charge is 2.13. The van der Waals surface area contributed by atoms with E-state index in [0.717, 1.165) is 10.0 Å². The molecule has 0 radical (unpaired) electrons. The number of phenols is 1. The average molecular weight is 474 g/mol. The molecule has 0 unspecified atom stereocenters. The molecule has 0 saturated carbocycles. The number of carbonyl (C=O) groups is 1. The number of benzene rings is 3. The predicted molar refractivity (Wildman–Crippen MR) is 120 cm³/mol. The van der Waals surface area contributed by atoms with Gasteiger partial charge >= 0.3 is 0 Å². The van der Waals surface area contributed by atoms with Crippen LogP contribution in [0.2, 0.25) is 0 Å². The molecule has 31 heavy (non-hydrogen) atoms. The molecule has 0 bridgehead atoms. The highest BCUT2D eigenvalue weighted by molar-refractivity contribution is 9.10. The number of anilines is 1. The molecule has 1 amide bonds. The molecule has 3 aromatic rings. The molecule has 0 atom stereocenters. The van der Waals surface area contributed by atoms with Crippen molar-refractivity contribution < 1.29 is 14.6 Å². The number of nitrogens with zero attached hydrogens (tertiary/aromatic N) is 2. The van der Waals surface area contributed by atoms with Gasteiger partial charge in [-0.3, -0.25) is 4.79 Å². The quantitative estimate of drug-likeness (QED) is 0.292. The lowest BCUT2D eigenvalue weighted by molar-refractivity contribution is -0.112. The number of aromatic hydroxyl groups is 1. The summed E-state index contributed by atoms with van der Waals surface area (Å²) in [4.78, 5) is 12.5. The first kappa shape index (κ1) is 21.6. The van der Waals surface area contributed by atoms with Crippen molar-refractivity contribution in [2.75, 3.05) is 5.32 Å². The van der Waals surface area contributed by atoms with Crippen LogP contribution < -0.4 is 10.1 Å². The molecular formula is C24H16BrN3O3. The first-order valence-corrected chi connectivity index (χ1v) is 9.92. The van der Waals surface area contributed by atoms with Crippen LogP contribution in [0.4, 0.5) is 5.69 Å². The first-order chi connectivity index (χ1) is 15.0. The van der Waals surface area contributed by atoms with Crippen molar-refractivity contribution in [1.82, 2.24) is 0 Å². The second kappa shape index (κ2) is 10.1. The van der Waals surface area contributed by atoms with E-state index in [0.29, 0.717) is 22.6 Å². The standard InChI is InChI=1S/C24H16BrN3O3/c25-20-5-10-23(31-15-17-4-2-1-3-16(17)13-26)18(12-20)11-19(14-27)24(30)28-21-6-8-22(29)9-7-21/h1-12,29H,15H2,(H,28,30)/b19-11+. The molecule has 6 nitrogen and oxygen atoms in total. The highest BCUT2D eigenvalue weighted by Crippen LogP contribution is 2.27. The number of phenolic OH excluding ortho intramolecular Hbond substituents is 1. The van der Waals surface area contributed by atoms with Crippen molar-refractivity contribution in [3.05, 3.63) is 93.5 Å². The van der Waals surface area contributed by atoms with Gasteiger partial charge in [-0.05, 0) is 54.6 Å². The minimum atomic E-state index is -0.589. The maximum absolute atomic E-state index is 12.5. The van der Waals surface area contributed by atoms with Crippen LogP contribution in [-0.2, 0) is 11.4 Å². The molecule has 0 aliphatic heterocycles. The zero-order valence-electron chi connectivity index (χ0n) is 16.2. The lowest BCUT2D eigenvalue weighted by Crippen LogP contribution is -2.13. The smallest absolute Gasteiger partial charge is 0.266 e. The van der Waals surface area contributed by atoms with E-state index in [2.05, 4.69) is 27.3 Å². The third-order valence-electron chi connectivity index (χ3n) is 4.28. The van der Waals surface area contributed by atoms with Gasteiger partial charge in [0.2, 0.25) is 0 Å². The van der Waals surface area contributed by atoms with Gasteiger partial charge in [-0.25, -0.2) is 0 Å². The fourth-order valence-electron chi connectivity index (χ4n) is 2.72. The van der Waals surface area contributed by atoms with Crippen molar-refractivity contribution in [1.29, 1.82) is 10.5 Å². The van der Waals surface area contributed by atoms with E-state index in [1.807, 2.05) is 12.1 Å². The predicted octanol–water partition coefficient (Wildman–Crippen LogP) is 5.15. The van der Waals surface area contributed by atoms with Crippen LogP contribution >= 0.6 is 15.9 Å². The molecule has 3 aromatic carbocycles. The highest BCUT2D eigenvalue weighted by atomic mass is 79.9. The number of halogens is 1. The molecule has 0 aromatic heterocycles. The number of nitrogens with one attached hydrogen (secondary N) is 1. The van der Waals surface area contributed by atoms with Gasteiger partial charge < -0.3 is 15.2 Å².